The topological polar surface area (TPSA) is 188 Å². The first kappa shape index (κ1) is 40.4. The molecule has 3 rings (SSSR count). The number of aromatic nitrogens is 1. The average molecular weight is 708 g/mol. The van der Waals surface area contributed by atoms with E-state index in [1.807, 2.05) is 0 Å². The Morgan fingerprint density at radius 2 is 1.41 bits per heavy atom. The van der Waals surface area contributed by atoms with Crippen LogP contribution in [-0.2, 0) is 35.8 Å². The molecule has 14 nitrogen and oxygen atoms in total. The van der Waals surface area contributed by atoms with Gasteiger partial charge in [0.2, 0.25) is 35.4 Å². The summed E-state index contributed by atoms with van der Waals surface area (Å²) in [6.07, 6.45) is 7.14. The van der Waals surface area contributed by atoms with E-state index in [9.17, 15) is 33.6 Å². The maximum Gasteiger partial charge on any atom is 0.272 e. The number of hydrogen-bond acceptors (Lipinski definition) is 7. The standard InChI is InChI=1S/C37H53N7O7/c1-7-8-10-13-30(45)39-28-21-29(43(6)22-28)35(49)41-27-17-15-26(16-18-27)40-34(48)25(5)38-36(50)33(23(2)3)42-31(46)14-11-9-12-19-44-32(47)20-24(4)37(44)51/h15-18,21-25,33H,7-14,19-20H2,1-6H3,(H,38,50)(H,39,45)(H,40,48)(H,41,49)(H,42,46)/t24?,25-,33-/m0/s1. The third kappa shape index (κ3) is 12.4. The van der Waals surface area contributed by atoms with Crippen molar-refractivity contribution in [2.45, 2.75) is 104 Å². The van der Waals surface area contributed by atoms with Gasteiger partial charge in [-0.05, 0) is 62.4 Å². The molecule has 2 heterocycles. The second-order valence-electron chi connectivity index (χ2n) is 13.6. The van der Waals surface area contributed by atoms with E-state index in [-0.39, 0.29) is 54.2 Å². The quantitative estimate of drug-likeness (QED) is 0.106. The SMILES string of the molecule is CCCCCC(=O)Nc1cc(C(=O)Nc2ccc(NC(=O)[C@H](C)NC(=O)[C@@H](NC(=O)CCCCCN3C(=O)CC(C)C3=O)C(C)C)cc2)n(C)c1. The zero-order valence-corrected chi connectivity index (χ0v) is 30.6. The molecule has 14 heteroatoms. The number of hydrogen-bond donors (Lipinski definition) is 5. The third-order valence-electron chi connectivity index (χ3n) is 8.71. The molecule has 0 saturated carbocycles. The molecule has 0 radical (unpaired) electrons. The van der Waals surface area contributed by atoms with E-state index < -0.39 is 23.9 Å². The first-order valence-corrected chi connectivity index (χ1v) is 17.8. The first-order valence-electron chi connectivity index (χ1n) is 17.8. The molecule has 0 spiro atoms. The fourth-order valence-corrected chi connectivity index (χ4v) is 5.67. The number of carbonyl (C=O) groups is 7. The highest BCUT2D eigenvalue weighted by atomic mass is 16.2. The van der Waals surface area contributed by atoms with E-state index in [1.54, 1.807) is 75.8 Å². The van der Waals surface area contributed by atoms with Gasteiger partial charge in [0.25, 0.3) is 5.91 Å². The van der Waals surface area contributed by atoms with Crippen LogP contribution in [0, 0.1) is 11.8 Å². The monoisotopic (exact) mass is 707 g/mol. The predicted octanol–water partition coefficient (Wildman–Crippen LogP) is 4.34. The van der Waals surface area contributed by atoms with E-state index >= 15 is 0 Å². The van der Waals surface area contributed by atoms with Crippen molar-refractivity contribution in [2.75, 3.05) is 22.5 Å². The van der Waals surface area contributed by atoms with Crippen molar-refractivity contribution in [3.05, 3.63) is 42.2 Å². The summed E-state index contributed by atoms with van der Waals surface area (Å²) in [6.45, 7) is 9.29. The lowest BCUT2D eigenvalue weighted by molar-refractivity contribution is -0.139. The Morgan fingerprint density at radius 3 is 2.02 bits per heavy atom. The lowest BCUT2D eigenvalue weighted by Gasteiger charge is -2.24. The molecule has 0 bridgehead atoms. The molecule has 5 N–H and O–H groups in total. The van der Waals surface area contributed by atoms with E-state index in [0.29, 0.717) is 55.0 Å². The minimum Gasteiger partial charge on any atom is -0.344 e. The Labute approximate surface area is 299 Å². The normalized spacial score (nSPS) is 15.4. The van der Waals surface area contributed by atoms with E-state index in [1.165, 1.54) is 4.90 Å². The van der Waals surface area contributed by atoms with Crippen LogP contribution in [0.4, 0.5) is 17.1 Å². The molecule has 1 aromatic carbocycles. The molecule has 1 aliphatic heterocycles. The molecule has 1 aromatic heterocycles. The Bertz CT molecular complexity index is 1570. The number of amides is 7. The fraction of sp³-hybridized carbons (Fsp3) is 0.541. The summed E-state index contributed by atoms with van der Waals surface area (Å²) in [5.41, 5.74) is 1.84. The van der Waals surface area contributed by atoms with Crippen molar-refractivity contribution in [2.24, 2.45) is 18.9 Å². The molecule has 2 aromatic rings. The smallest absolute Gasteiger partial charge is 0.272 e. The minimum absolute atomic E-state index is 0.0957. The number of unbranched alkanes of at least 4 members (excludes halogenated alkanes) is 4. The van der Waals surface area contributed by atoms with Gasteiger partial charge >= 0.3 is 0 Å². The molecular weight excluding hydrogens is 654 g/mol. The van der Waals surface area contributed by atoms with Gasteiger partial charge in [0, 0.05) is 56.3 Å². The van der Waals surface area contributed by atoms with E-state index in [2.05, 4.69) is 33.5 Å². The molecule has 51 heavy (non-hydrogen) atoms. The lowest BCUT2D eigenvalue weighted by atomic mass is 10.0. The third-order valence-corrected chi connectivity index (χ3v) is 8.71. The first-order chi connectivity index (χ1) is 24.2. The Hall–Kier alpha value is -5.01. The summed E-state index contributed by atoms with van der Waals surface area (Å²) in [4.78, 5) is 88.9. The van der Waals surface area contributed by atoms with E-state index in [4.69, 9.17) is 0 Å². The summed E-state index contributed by atoms with van der Waals surface area (Å²) < 4.78 is 1.63. The molecule has 278 valence electrons. The maximum atomic E-state index is 13.1. The van der Waals surface area contributed by atoms with Crippen LogP contribution in [0.2, 0.25) is 0 Å². The number of imide groups is 1. The second-order valence-corrected chi connectivity index (χ2v) is 13.6. The summed E-state index contributed by atoms with van der Waals surface area (Å²) in [7, 11) is 1.72. The van der Waals surface area contributed by atoms with Crippen molar-refractivity contribution in [1.29, 1.82) is 0 Å². The van der Waals surface area contributed by atoms with Crippen LogP contribution in [0.5, 0.6) is 0 Å². The highest BCUT2D eigenvalue weighted by Gasteiger charge is 2.34. The Balaban J connectivity index is 1.42. The minimum atomic E-state index is -0.910. The summed E-state index contributed by atoms with van der Waals surface area (Å²) in [5.74, 6) is -2.53. The molecule has 7 amide bonds. The van der Waals surface area contributed by atoms with Crippen molar-refractivity contribution in [1.82, 2.24) is 20.1 Å². The Morgan fingerprint density at radius 1 is 0.784 bits per heavy atom. The van der Waals surface area contributed by atoms with Gasteiger partial charge in [0.15, 0.2) is 0 Å². The zero-order chi connectivity index (χ0) is 37.7. The van der Waals surface area contributed by atoms with Crippen molar-refractivity contribution in [3.8, 4) is 0 Å². The zero-order valence-electron chi connectivity index (χ0n) is 30.6. The summed E-state index contributed by atoms with van der Waals surface area (Å²) in [5, 5.41) is 13.8. The van der Waals surface area contributed by atoms with Gasteiger partial charge in [-0.15, -0.1) is 0 Å². The number of likely N-dealkylation sites (tertiary alicyclic amines) is 1. The molecule has 1 fully saturated rings. The van der Waals surface area contributed by atoms with Crippen LogP contribution in [0.15, 0.2) is 36.5 Å². The molecule has 1 aliphatic rings. The van der Waals surface area contributed by atoms with Crippen LogP contribution in [0.1, 0.15) is 103 Å². The fourth-order valence-electron chi connectivity index (χ4n) is 5.67. The number of nitrogens with one attached hydrogen (secondary N) is 5. The van der Waals surface area contributed by atoms with Crippen LogP contribution in [-0.4, -0.2) is 69.4 Å². The molecule has 0 aliphatic carbocycles. The highest BCUT2D eigenvalue weighted by Crippen LogP contribution is 2.20. The molecular formula is C37H53N7O7. The number of rotatable bonds is 19. The number of benzene rings is 1. The van der Waals surface area contributed by atoms with Crippen LogP contribution in [0.25, 0.3) is 0 Å². The van der Waals surface area contributed by atoms with Gasteiger partial charge < -0.3 is 31.2 Å². The number of anilines is 3. The van der Waals surface area contributed by atoms with Gasteiger partial charge in [0.1, 0.15) is 17.8 Å². The largest absolute Gasteiger partial charge is 0.344 e. The molecule has 1 saturated heterocycles. The summed E-state index contributed by atoms with van der Waals surface area (Å²) in [6, 6.07) is 6.35. The van der Waals surface area contributed by atoms with Gasteiger partial charge in [-0.25, -0.2) is 0 Å². The molecule has 3 atom stereocenters. The van der Waals surface area contributed by atoms with Crippen molar-refractivity contribution in [3.63, 3.8) is 0 Å². The van der Waals surface area contributed by atoms with Gasteiger partial charge in [0.05, 0.1) is 5.69 Å². The lowest BCUT2D eigenvalue weighted by Crippen LogP contribution is -2.53. The number of aryl methyl sites for hydroxylation is 1. The number of nitrogens with zero attached hydrogens (tertiary/aromatic N) is 2. The number of carbonyl (C=O) groups excluding carboxylic acids is 7. The van der Waals surface area contributed by atoms with Gasteiger partial charge in [-0.3, -0.25) is 38.5 Å². The maximum absolute atomic E-state index is 13.1. The van der Waals surface area contributed by atoms with Crippen LogP contribution in [0.3, 0.4) is 0 Å². The predicted molar refractivity (Wildman–Crippen MR) is 195 cm³/mol. The van der Waals surface area contributed by atoms with Crippen LogP contribution >= 0.6 is 0 Å². The van der Waals surface area contributed by atoms with Gasteiger partial charge in [-0.2, -0.15) is 0 Å². The van der Waals surface area contributed by atoms with Crippen molar-refractivity contribution >= 4 is 58.4 Å². The van der Waals surface area contributed by atoms with E-state index in [0.717, 1.165) is 19.3 Å². The average Bonchev–Trinajstić information content (AvgIpc) is 3.56. The van der Waals surface area contributed by atoms with Crippen molar-refractivity contribution < 1.29 is 33.6 Å². The highest BCUT2D eigenvalue weighted by molar-refractivity contribution is 6.05. The Kier molecular flexibility index (Phi) is 15.4. The summed E-state index contributed by atoms with van der Waals surface area (Å²) >= 11 is 0. The van der Waals surface area contributed by atoms with Crippen LogP contribution < -0.4 is 26.6 Å². The van der Waals surface area contributed by atoms with Gasteiger partial charge in [-0.1, -0.05) is 47.0 Å². The molecule has 1 unspecified atom stereocenters. The second kappa shape index (κ2) is 19.4.